The van der Waals surface area contributed by atoms with Crippen LogP contribution in [-0.4, -0.2) is 29.9 Å². The van der Waals surface area contributed by atoms with Crippen molar-refractivity contribution in [3.63, 3.8) is 0 Å². The number of hydrogen-bond acceptors (Lipinski definition) is 6. The number of benzene rings is 7. The van der Waals surface area contributed by atoms with Crippen LogP contribution in [0.15, 0.2) is 170 Å². The molecule has 6 nitrogen and oxygen atoms in total. The first-order valence-electron chi connectivity index (χ1n) is 17.2. The molecule has 0 saturated heterocycles. The second-order valence-corrected chi connectivity index (χ2v) is 12.8. The maximum atomic E-state index is 5.15. The van der Waals surface area contributed by atoms with Gasteiger partial charge in [-0.15, -0.1) is 0 Å². The average molecular weight is 665 g/mol. The van der Waals surface area contributed by atoms with Crippen molar-refractivity contribution >= 4 is 43.5 Å². The molecule has 3 aromatic heterocycles. The number of aromatic nitrogens is 6. The van der Waals surface area contributed by atoms with Gasteiger partial charge in [0.1, 0.15) is 0 Å². The highest BCUT2D eigenvalue weighted by Gasteiger charge is 2.19. The standard InChI is InChI=1S/C46H28N6/c1-3-12-29(13-4-1)44-50-45(30-14-5-2-6-15-30)52-46(51-44)35-26-33(39-28-40-43(49-23-22-47-40)38-20-11-21-48-42(38)39)25-34(27-35)41-36-18-9-7-16-31(36)24-32-17-8-10-19-37(32)41/h1-28H. The van der Waals surface area contributed by atoms with Gasteiger partial charge in [0.05, 0.1) is 16.6 Å². The van der Waals surface area contributed by atoms with E-state index < -0.39 is 0 Å². The van der Waals surface area contributed by atoms with Gasteiger partial charge in [-0.2, -0.15) is 0 Å². The highest BCUT2D eigenvalue weighted by atomic mass is 15.0. The summed E-state index contributed by atoms with van der Waals surface area (Å²) in [6, 6.07) is 52.4. The van der Waals surface area contributed by atoms with Gasteiger partial charge in [0.15, 0.2) is 17.5 Å². The summed E-state index contributed by atoms with van der Waals surface area (Å²) in [5, 5.41) is 5.64. The molecule has 0 amide bonds. The minimum atomic E-state index is 0.582. The SMILES string of the molecule is c1ccc(-c2nc(-c3ccccc3)nc(-c3cc(-c4c5ccccc5cc5ccccc45)cc(-c4cc5nccnc5c5cccnc45)c3)n2)cc1. The van der Waals surface area contributed by atoms with E-state index in [1.807, 2.05) is 72.9 Å². The van der Waals surface area contributed by atoms with Gasteiger partial charge in [-0.25, -0.2) is 15.0 Å². The van der Waals surface area contributed by atoms with Crippen LogP contribution in [0.2, 0.25) is 0 Å². The van der Waals surface area contributed by atoms with Gasteiger partial charge in [-0.1, -0.05) is 109 Å². The quantitative estimate of drug-likeness (QED) is 0.135. The van der Waals surface area contributed by atoms with Crippen LogP contribution < -0.4 is 0 Å². The third-order valence-electron chi connectivity index (χ3n) is 9.59. The van der Waals surface area contributed by atoms with E-state index in [1.54, 1.807) is 12.4 Å². The molecule has 0 radical (unpaired) electrons. The second-order valence-electron chi connectivity index (χ2n) is 12.8. The lowest BCUT2D eigenvalue weighted by Gasteiger charge is -2.16. The van der Waals surface area contributed by atoms with Gasteiger partial charge in [0, 0.05) is 46.2 Å². The summed E-state index contributed by atoms with van der Waals surface area (Å²) < 4.78 is 0. The van der Waals surface area contributed by atoms with Crippen molar-refractivity contribution in [1.29, 1.82) is 0 Å². The molecule has 0 unspecified atom stereocenters. The van der Waals surface area contributed by atoms with Crippen molar-refractivity contribution in [2.45, 2.75) is 0 Å². The van der Waals surface area contributed by atoms with Gasteiger partial charge < -0.3 is 0 Å². The molecule has 10 rings (SSSR count). The van der Waals surface area contributed by atoms with Crippen molar-refractivity contribution < 1.29 is 0 Å². The predicted molar refractivity (Wildman–Crippen MR) is 210 cm³/mol. The maximum absolute atomic E-state index is 5.15. The van der Waals surface area contributed by atoms with Gasteiger partial charge >= 0.3 is 0 Å². The predicted octanol–water partition coefficient (Wildman–Crippen LogP) is 11.0. The zero-order valence-corrected chi connectivity index (χ0v) is 27.8. The summed E-state index contributed by atoms with van der Waals surface area (Å²) >= 11 is 0. The Labute approximate surface area is 299 Å². The van der Waals surface area contributed by atoms with E-state index in [0.717, 1.165) is 60.9 Å². The number of hydrogen-bond donors (Lipinski definition) is 0. The molecule has 0 saturated carbocycles. The molecule has 10 aromatic rings. The summed E-state index contributed by atoms with van der Waals surface area (Å²) in [4.78, 5) is 29.6. The lowest BCUT2D eigenvalue weighted by Crippen LogP contribution is -2.01. The number of rotatable bonds is 5. The van der Waals surface area contributed by atoms with Crippen LogP contribution in [0.5, 0.6) is 0 Å². The number of fused-ring (bicyclic) bond motifs is 5. The van der Waals surface area contributed by atoms with Crippen molar-refractivity contribution in [3.05, 3.63) is 170 Å². The highest BCUT2D eigenvalue weighted by Crippen LogP contribution is 2.42. The highest BCUT2D eigenvalue weighted by molar-refractivity contribution is 6.14. The third kappa shape index (κ3) is 5.13. The molecule has 0 N–H and O–H groups in total. The van der Waals surface area contributed by atoms with E-state index in [9.17, 15) is 0 Å². The molecule has 6 heteroatoms. The zero-order valence-electron chi connectivity index (χ0n) is 27.8. The van der Waals surface area contributed by atoms with Crippen LogP contribution in [0.25, 0.3) is 99.9 Å². The van der Waals surface area contributed by atoms with Crippen molar-refractivity contribution in [2.75, 3.05) is 0 Å². The first-order valence-corrected chi connectivity index (χ1v) is 17.2. The summed E-state index contributed by atoms with van der Waals surface area (Å²) in [5.74, 6) is 1.80. The molecular weight excluding hydrogens is 637 g/mol. The molecule has 242 valence electrons. The van der Waals surface area contributed by atoms with E-state index in [2.05, 4.69) is 84.9 Å². The fourth-order valence-electron chi connectivity index (χ4n) is 7.22. The first kappa shape index (κ1) is 29.7. The van der Waals surface area contributed by atoms with E-state index in [1.165, 1.54) is 21.5 Å². The fraction of sp³-hybridized carbons (Fsp3) is 0. The molecule has 0 spiro atoms. The summed E-state index contributed by atoms with van der Waals surface area (Å²) in [7, 11) is 0. The van der Waals surface area contributed by atoms with Gasteiger partial charge in [-0.05, 0) is 80.7 Å². The molecule has 0 aliphatic rings. The van der Waals surface area contributed by atoms with Gasteiger partial charge in [-0.3, -0.25) is 15.0 Å². The van der Waals surface area contributed by atoms with E-state index in [4.69, 9.17) is 29.9 Å². The molecule has 0 bridgehead atoms. The van der Waals surface area contributed by atoms with Crippen molar-refractivity contribution in [2.24, 2.45) is 0 Å². The zero-order chi connectivity index (χ0) is 34.4. The third-order valence-corrected chi connectivity index (χ3v) is 9.59. The molecule has 0 atom stereocenters. The minimum absolute atomic E-state index is 0.582. The Kier molecular flexibility index (Phi) is 7.03. The molecule has 0 aliphatic heterocycles. The topological polar surface area (TPSA) is 77.3 Å². The first-order chi connectivity index (χ1) is 25.8. The monoisotopic (exact) mass is 664 g/mol. The lowest BCUT2D eigenvalue weighted by molar-refractivity contribution is 1.07. The normalized spacial score (nSPS) is 11.5. The summed E-state index contributed by atoms with van der Waals surface area (Å²) in [5.41, 5.74) is 9.31. The number of nitrogens with zero attached hydrogens (tertiary/aromatic N) is 6. The van der Waals surface area contributed by atoms with Gasteiger partial charge in [0.2, 0.25) is 0 Å². The Morgan fingerprint density at radius 3 is 1.52 bits per heavy atom. The van der Waals surface area contributed by atoms with Crippen LogP contribution >= 0.6 is 0 Å². The number of pyridine rings is 1. The smallest absolute Gasteiger partial charge is 0.164 e. The van der Waals surface area contributed by atoms with Crippen molar-refractivity contribution in [1.82, 2.24) is 29.9 Å². The van der Waals surface area contributed by atoms with E-state index in [-0.39, 0.29) is 0 Å². The summed E-state index contributed by atoms with van der Waals surface area (Å²) in [6.45, 7) is 0. The Hall–Kier alpha value is -7.18. The van der Waals surface area contributed by atoms with E-state index >= 15 is 0 Å². The lowest BCUT2D eigenvalue weighted by atomic mass is 9.88. The fourth-order valence-corrected chi connectivity index (χ4v) is 7.22. The molecule has 0 fully saturated rings. The van der Waals surface area contributed by atoms with Crippen molar-refractivity contribution in [3.8, 4) is 56.4 Å². The minimum Gasteiger partial charge on any atom is -0.256 e. The maximum Gasteiger partial charge on any atom is 0.164 e. The Morgan fingerprint density at radius 1 is 0.327 bits per heavy atom. The van der Waals surface area contributed by atoms with Crippen LogP contribution in [0.3, 0.4) is 0 Å². The Morgan fingerprint density at radius 2 is 0.846 bits per heavy atom. The average Bonchev–Trinajstić information content (AvgIpc) is 3.22. The van der Waals surface area contributed by atoms with Crippen LogP contribution in [0.4, 0.5) is 0 Å². The molecule has 0 aliphatic carbocycles. The van der Waals surface area contributed by atoms with Crippen LogP contribution in [0, 0.1) is 0 Å². The van der Waals surface area contributed by atoms with Crippen LogP contribution in [-0.2, 0) is 0 Å². The largest absolute Gasteiger partial charge is 0.256 e. The second kappa shape index (κ2) is 12.3. The van der Waals surface area contributed by atoms with E-state index in [0.29, 0.717) is 17.5 Å². The van der Waals surface area contributed by atoms with Gasteiger partial charge in [0.25, 0.3) is 0 Å². The Balaban J connectivity index is 1.31. The van der Waals surface area contributed by atoms with Crippen LogP contribution in [0.1, 0.15) is 0 Å². The molecule has 52 heavy (non-hydrogen) atoms. The Bertz CT molecular complexity index is 2850. The molecular formula is C46H28N6. The summed E-state index contributed by atoms with van der Waals surface area (Å²) in [6.07, 6.45) is 5.30. The molecule has 7 aromatic carbocycles. The molecule has 3 heterocycles.